The molecule has 1 aromatic rings. The van der Waals surface area contributed by atoms with Crippen LogP contribution in [0, 0.1) is 0 Å². The number of para-hydroxylation sites is 2. The summed E-state index contributed by atoms with van der Waals surface area (Å²) in [6.45, 7) is 13.4. The number of allylic oxidation sites excluding steroid dienone is 9. The molecule has 0 heterocycles. The molecule has 0 amide bonds. The molecule has 0 atom stereocenters. The van der Waals surface area contributed by atoms with E-state index in [1.165, 1.54) is 0 Å². The van der Waals surface area contributed by atoms with Gasteiger partial charge in [-0.25, -0.2) is 0 Å². The van der Waals surface area contributed by atoms with E-state index in [2.05, 4.69) is 23.5 Å². The summed E-state index contributed by atoms with van der Waals surface area (Å²) in [5, 5.41) is 3.16. The van der Waals surface area contributed by atoms with Gasteiger partial charge in [0.2, 0.25) is 0 Å². The van der Waals surface area contributed by atoms with Crippen molar-refractivity contribution in [2.75, 3.05) is 11.9 Å². The average Bonchev–Trinajstić information content (AvgIpc) is 2.69. The Morgan fingerprint density at radius 3 is 2.52 bits per heavy atom. The number of aliphatic imine (C=N–C) groups is 1. The summed E-state index contributed by atoms with van der Waals surface area (Å²) in [5.74, 6) is 0.0219. The molecule has 0 aliphatic rings. The third-order valence-electron chi connectivity index (χ3n) is 3.84. The first-order valence-corrected chi connectivity index (χ1v) is 8.88. The molecule has 0 bridgehead atoms. The van der Waals surface area contributed by atoms with E-state index in [0.29, 0.717) is 5.57 Å². The number of Topliss-reactive ketones (excluding diaryl/α,β-unsaturated/α-hetero) is 1. The third-order valence-corrected chi connectivity index (χ3v) is 3.84. The van der Waals surface area contributed by atoms with Gasteiger partial charge in [-0.1, -0.05) is 67.8 Å². The second kappa shape index (κ2) is 12.2. The Hall–Kier alpha value is -3.20. The van der Waals surface area contributed by atoms with Gasteiger partial charge in [0.05, 0.1) is 17.9 Å². The van der Waals surface area contributed by atoms with Gasteiger partial charge in [0.15, 0.2) is 5.78 Å². The Kier molecular flexibility index (Phi) is 9.87. The number of ketones is 1. The Bertz CT molecular complexity index is 821. The van der Waals surface area contributed by atoms with Gasteiger partial charge in [0, 0.05) is 6.21 Å². The summed E-state index contributed by atoms with van der Waals surface area (Å²) in [4.78, 5) is 16.7. The van der Waals surface area contributed by atoms with Gasteiger partial charge in [-0.2, -0.15) is 0 Å². The summed E-state index contributed by atoms with van der Waals surface area (Å²) in [5.41, 5.74) is 4.28. The SMILES string of the molecule is C=C\C=C/C(=C\C)C(/C=C)=C/C=C(\C)C(=O)CNc1ccccc1N=CC. The summed E-state index contributed by atoms with van der Waals surface area (Å²) < 4.78 is 0. The van der Waals surface area contributed by atoms with Gasteiger partial charge >= 0.3 is 0 Å². The first-order chi connectivity index (χ1) is 13.1. The third kappa shape index (κ3) is 7.28. The van der Waals surface area contributed by atoms with Gasteiger partial charge in [-0.3, -0.25) is 9.79 Å². The van der Waals surface area contributed by atoms with Crippen molar-refractivity contribution in [1.29, 1.82) is 0 Å². The average molecular weight is 361 g/mol. The lowest BCUT2D eigenvalue weighted by Crippen LogP contribution is -2.14. The van der Waals surface area contributed by atoms with Crippen LogP contribution in [0.3, 0.4) is 0 Å². The smallest absolute Gasteiger partial charge is 0.177 e. The molecule has 1 aromatic carbocycles. The zero-order chi connectivity index (χ0) is 20.1. The standard InChI is InChI=1S/C24H28N2O/c1-6-10-13-20(7-2)21(8-3)17-16-19(5)24(27)18-26-23-15-12-11-14-22(23)25-9-4/h6-17,26H,1,3,18H2,2,4-5H3/b13-10-,19-16+,20-7+,21-17+,25-9?. The van der Waals surface area contributed by atoms with Crippen LogP contribution in [0.1, 0.15) is 20.8 Å². The molecule has 3 nitrogen and oxygen atoms in total. The lowest BCUT2D eigenvalue weighted by atomic mass is 10.0. The molecule has 0 saturated heterocycles. The van der Waals surface area contributed by atoms with Crippen LogP contribution in [0.4, 0.5) is 11.4 Å². The van der Waals surface area contributed by atoms with Crippen molar-refractivity contribution in [2.24, 2.45) is 4.99 Å². The molecule has 0 unspecified atom stereocenters. The second-order valence-electron chi connectivity index (χ2n) is 5.70. The Labute approximate surface area is 162 Å². The van der Waals surface area contributed by atoms with Crippen LogP contribution >= 0.6 is 0 Å². The van der Waals surface area contributed by atoms with Gasteiger partial charge in [-0.15, -0.1) is 0 Å². The maximum absolute atomic E-state index is 12.4. The fourth-order valence-electron chi connectivity index (χ4n) is 2.31. The summed E-state index contributed by atoms with van der Waals surface area (Å²) in [6, 6.07) is 7.65. The van der Waals surface area contributed by atoms with E-state index in [0.717, 1.165) is 22.5 Å². The number of rotatable bonds is 10. The highest BCUT2D eigenvalue weighted by molar-refractivity contribution is 5.98. The molecule has 27 heavy (non-hydrogen) atoms. The molecule has 0 fully saturated rings. The van der Waals surface area contributed by atoms with Crippen LogP contribution in [-0.2, 0) is 4.79 Å². The molecule has 1 rings (SSSR count). The van der Waals surface area contributed by atoms with Crippen molar-refractivity contribution in [3.63, 3.8) is 0 Å². The van der Waals surface area contributed by atoms with Crippen LogP contribution < -0.4 is 5.32 Å². The Morgan fingerprint density at radius 2 is 1.89 bits per heavy atom. The number of hydrogen-bond acceptors (Lipinski definition) is 3. The van der Waals surface area contributed by atoms with Crippen LogP contribution in [0.25, 0.3) is 0 Å². The molecule has 0 radical (unpaired) electrons. The van der Waals surface area contributed by atoms with E-state index in [9.17, 15) is 4.79 Å². The number of anilines is 1. The molecule has 0 aliphatic carbocycles. The number of carbonyl (C=O) groups excluding carboxylic acids is 1. The molecule has 1 N–H and O–H groups in total. The monoisotopic (exact) mass is 360 g/mol. The van der Waals surface area contributed by atoms with Crippen molar-refractivity contribution in [3.8, 4) is 0 Å². The minimum Gasteiger partial charge on any atom is -0.376 e. The normalized spacial score (nSPS) is 13.2. The number of nitrogens with zero attached hydrogens (tertiary/aromatic N) is 1. The lowest BCUT2D eigenvalue weighted by molar-refractivity contribution is -0.113. The van der Waals surface area contributed by atoms with Crippen LogP contribution in [-0.4, -0.2) is 18.5 Å². The number of carbonyl (C=O) groups is 1. The minimum absolute atomic E-state index is 0.0219. The van der Waals surface area contributed by atoms with Crippen LogP contribution in [0.15, 0.2) is 102 Å². The highest BCUT2D eigenvalue weighted by Gasteiger charge is 2.06. The van der Waals surface area contributed by atoms with E-state index in [1.807, 2.05) is 75.4 Å². The predicted octanol–water partition coefficient (Wildman–Crippen LogP) is 6.14. The summed E-state index contributed by atoms with van der Waals surface area (Å²) in [7, 11) is 0. The quantitative estimate of drug-likeness (QED) is 0.309. The van der Waals surface area contributed by atoms with Gasteiger partial charge < -0.3 is 5.32 Å². The van der Waals surface area contributed by atoms with Gasteiger partial charge in [-0.05, 0) is 49.6 Å². The highest BCUT2D eigenvalue weighted by Crippen LogP contribution is 2.23. The molecule has 0 saturated carbocycles. The highest BCUT2D eigenvalue weighted by atomic mass is 16.1. The van der Waals surface area contributed by atoms with Crippen molar-refractivity contribution in [2.45, 2.75) is 20.8 Å². The fourth-order valence-corrected chi connectivity index (χ4v) is 2.31. The topological polar surface area (TPSA) is 41.5 Å². The maximum Gasteiger partial charge on any atom is 0.177 e. The maximum atomic E-state index is 12.4. The molecule has 0 aliphatic heterocycles. The van der Waals surface area contributed by atoms with Gasteiger partial charge in [0.1, 0.15) is 0 Å². The van der Waals surface area contributed by atoms with Crippen molar-refractivity contribution < 1.29 is 4.79 Å². The summed E-state index contributed by atoms with van der Waals surface area (Å²) in [6.07, 6.45) is 14.8. The van der Waals surface area contributed by atoms with Crippen LogP contribution in [0.5, 0.6) is 0 Å². The Balaban J connectivity index is 2.87. The summed E-state index contributed by atoms with van der Waals surface area (Å²) >= 11 is 0. The second-order valence-corrected chi connectivity index (χ2v) is 5.70. The van der Waals surface area contributed by atoms with E-state index < -0.39 is 0 Å². The first-order valence-electron chi connectivity index (χ1n) is 8.88. The zero-order valence-electron chi connectivity index (χ0n) is 16.4. The van der Waals surface area contributed by atoms with E-state index >= 15 is 0 Å². The van der Waals surface area contributed by atoms with Crippen molar-refractivity contribution >= 4 is 23.4 Å². The van der Waals surface area contributed by atoms with E-state index in [1.54, 1.807) is 18.4 Å². The van der Waals surface area contributed by atoms with E-state index in [-0.39, 0.29) is 12.3 Å². The number of benzene rings is 1. The van der Waals surface area contributed by atoms with Gasteiger partial charge in [0.25, 0.3) is 0 Å². The largest absolute Gasteiger partial charge is 0.376 e. The van der Waals surface area contributed by atoms with Crippen molar-refractivity contribution in [1.82, 2.24) is 0 Å². The molecule has 0 spiro atoms. The predicted molar refractivity (Wildman–Crippen MR) is 119 cm³/mol. The lowest BCUT2D eigenvalue weighted by Gasteiger charge is -2.08. The molecular formula is C24H28N2O. The zero-order valence-corrected chi connectivity index (χ0v) is 16.4. The molecule has 140 valence electrons. The molecule has 0 aromatic heterocycles. The molecular weight excluding hydrogens is 332 g/mol. The fraction of sp³-hybridized carbons (Fsp3) is 0.167. The van der Waals surface area contributed by atoms with Crippen LogP contribution in [0.2, 0.25) is 0 Å². The first kappa shape index (κ1) is 21.8. The number of hydrogen-bond donors (Lipinski definition) is 1. The molecule has 3 heteroatoms. The minimum atomic E-state index is 0.0219. The van der Waals surface area contributed by atoms with E-state index in [4.69, 9.17) is 0 Å². The van der Waals surface area contributed by atoms with Crippen molar-refractivity contribution in [3.05, 3.63) is 96.7 Å². The number of nitrogens with one attached hydrogen (secondary N) is 1. The Morgan fingerprint density at radius 1 is 1.15 bits per heavy atom.